The van der Waals surface area contributed by atoms with E-state index >= 15 is 0 Å². The van der Waals surface area contributed by atoms with Crippen molar-refractivity contribution in [2.45, 2.75) is 12.5 Å². The van der Waals surface area contributed by atoms with E-state index in [9.17, 15) is 19.2 Å². The fourth-order valence-corrected chi connectivity index (χ4v) is 7.89. The molecule has 2 aliphatic rings. The Morgan fingerprint density at radius 1 is 0.441 bits per heavy atom. The lowest BCUT2D eigenvalue weighted by Gasteiger charge is -2.28. The van der Waals surface area contributed by atoms with Crippen molar-refractivity contribution in [2.24, 2.45) is 0 Å². The van der Waals surface area contributed by atoms with E-state index < -0.39 is 24.4 Å². The number of esters is 2. The molecule has 8 aromatic rings. The van der Waals surface area contributed by atoms with Gasteiger partial charge in [0.05, 0.1) is 11.1 Å². The molecule has 2 atom stereocenters. The maximum atomic E-state index is 13.5. The molecule has 0 saturated heterocycles. The Labute approximate surface area is 337 Å². The number of cyclic esters (lactones) is 2. The average Bonchev–Trinajstić information content (AvgIpc) is 3.28. The number of ether oxygens (including phenoxy) is 3. The summed E-state index contributed by atoms with van der Waals surface area (Å²) in [6.45, 7) is 0. The van der Waals surface area contributed by atoms with Gasteiger partial charge in [-0.1, -0.05) is 97.1 Å². The molecule has 0 spiro atoms. The van der Waals surface area contributed by atoms with E-state index in [2.05, 4.69) is 10.6 Å². The summed E-state index contributed by atoms with van der Waals surface area (Å²) in [4.78, 5) is 53.3. The summed E-state index contributed by atoms with van der Waals surface area (Å²) in [5.41, 5.74) is 5.90. The number of hydrogen-bond acceptors (Lipinski definition) is 9. The maximum Gasteiger partial charge on any atom is 0.340 e. The van der Waals surface area contributed by atoms with Crippen LogP contribution in [0.25, 0.3) is 21.5 Å². The van der Waals surface area contributed by atoms with Gasteiger partial charge < -0.3 is 24.8 Å². The lowest BCUT2D eigenvalue weighted by Crippen LogP contribution is -2.24. The van der Waals surface area contributed by atoms with Gasteiger partial charge in [-0.3, -0.25) is 9.59 Å². The highest BCUT2D eigenvalue weighted by Crippen LogP contribution is 2.40. The smallest absolute Gasteiger partial charge is 0.340 e. The SMILES string of the molecule is O=C(c1ccccc1)c1ccc2c3c(cccc13)C(Nc1ccc(Oc3ccc(NC4OC(=O)c5ccc(C(=O)c6ccccc6)c6cccc4c56)cc3)cc1)OC2=O. The number of carbonyl (C=O) groups is 4. The molecule has 10 rings (SSSR count). The minimum Gasteiger partial charge on any atom is -0.457 e. The number of rotatable bonds is 10. The van der Waals surface area contributed by atoms with Crippen LogP contribution in [0, 0.1) is 0 Å². The third kappa shape index (κ3) is 6.40. The number of benzene rings is 8. The predicted molar refractivity (Wildman–Crippen MR) is 224 cm³/mol. The highest BCUT2D eigenvalue weighted by molar-refractivity contribution is 6.21. The first-order valence-electron chi connectivity index (χ1n) is 19.0. The normalized spacial score (nSPS) is 15.3. The first-order chi connectivity index (χ1) is 28.9. The number of hydrogen-bond donors (Lipinski definition) is 2. The van der Waals surface area contributed by atoms with Crippen LogP contribution in [-0.4, -0.2) is 23.5 Å². The van der Waals surface area contributed by atoms with E-state index in [0.717, 1.165) is 11.1 Å². The van der Waals surface area contributed by atoms with Crippen molar-refractivity contribution in [3.63, 3.8) is 0 Å². The van der Waals surface area contributed by atoms with Crippen molar-refractivity contribution >= 4 is 56.4 Å². The van der Waals surface area contributed by atoms with Crippen LogP contribution < -0.4 is 15.4 Å². The molecule has 2 N–H and O–H groups in total. The van der Waals surface area contributed by atoms with Gasteiger partial charge in [0, 0.05) is 55.5 Å². The minimum absolute atomic E-state index is 0.119. The molecule has 0 aromatic heterocycles. The fourth-order valence-electron chi connectivity index (χ4n) is 7.89. The van der Waals surface area contributed by atoms with Crippen molar-refractivity contribution in [3.8, 4) is 11.5 Å². The molecular weight excluding hydrogens is 741 g/mol. The number of carbonyl (C=O) groups excluding carboxylic acids is 4. The predicted octanol–water partition coefficient (Wildman–Crippen LogP) is 10.8. The summed E-state index contributed by atoms with van der Waals surface area (Å²) >= 11 is 0. The van der Waals surface area contributed by atoms with Crippen LogP contribution in [0.4, 0.5) is 11.4 Å². The molecular formula is C50H32N2O7. The summed E-state index contributed by atoms with van der Waals surface area (Å²) < 4.78 is 17.8. The Bertz CT molecular complexity index is 2780. The summed E-state index contributed by atoms with van der Waals surface area (Å²) in [7, 11) is 0. The van der Waals surface area contributed by atoms with E-state index in [1.165, 1.54) is 0 Å². The number of anilines is 2. The van der Waals surface area contributed by atoms with Gasteiger partial charge in [0.2, 0.25) is 12.5 Å². The zero-order chi connectivity index (χ0) is 40.0. The van der Waals surface area contributed by atoms with Crippen molar-refractivity contribution in [2.75, 3.05) is 10.6 Å². The van der Waals surface area contributed by atoms with Crippen molar-refractivity contribution < 1.29 is 33.4 Å². The number of ketones is 2. The van der Waals surface area contributed by atoms with Crippen LogP contribution in [0.2, 0.25) is 0 Å². The standard InChI is InChI=1S/C50H32N2O7/c53-45(29-9-3-1-4-10-29)37-25-27-41-43-35(37)13-7-15-39(43)47(58-49(41)55)51-31-17-21-33(22-18-31)57-34-23-19-32(20-24-34)52-48-40-16-8-14-36-38(46(54)30-11-5-2-6-12-30)26-28-42(44(36)40)50(56)59-48/h1-28,47-48,51-52H. The zero-order valence-corrected chi connectivity index (χ0v) is 31.2. The summed E-state index contributed by atoms with van der Waals surface area (Å²) in [5, 5.41) is 9.39. The van der Waals surface area contributed by atoms with Gasteiger partial charge in [0.25, 0.3) is 0 Å². The third-order valence-electron chi connectivity index (χ3n) is 10.7. The van der Waals surface area contributed by atoms with Crippen molar-refractivity contribution in [1.29, 1.82) is 0 Å². The molecule has 284 valence electrons. The Kier molecular flexibility index (Phi) is 8.68. The molecule has 0 amide bonds. The third-order valence-corrected chi connectivity index (χ3v) is 10.7. The van der Waals surface area contributed by atoms with Crippen LogP contribution in [-0.2, 0) is 9.47 Å². The fraction of sp³-hybridized carbons (Fsp3) is 0.0400. The number of nitrogens with one attached hydrogen (secondary N) is 2. The van der Waals surface area contributed by atoms with Gasteiger partial charge in [0.1, 0.15) is 11.5 Å². The lowest BCUT2D eigenvalue weighted by molar-refractivity contribution is 0.0334. The van der Waals surface area contributed by atoms with E-state index in [4.69, 9.17) is 14.2 Å². The van der Waals surface area contributed by atoms with Crippen LogP contribution in [0.5, 0.6) is 11.5 Å². The second kappa shape index (κ2) is 14.5. The summed E-state index contributed by atoms with van der Waals surface area (Å²) in [6.07, 6.45) is -1.56. The van der Waals surface area contributed by atoms with Crippen LogP contribution in [0.1, 0.15) is 76.1 Å². The molecule has 2 unspecified atom stereocenters. The first kappa shape index (κ1) is 35.4. The van der Waals surface area contributed by atoms with Crippen molar-refractivity contribution in [1.82, 2.24) is 0 Å². The van der Waals surface area contributed by atoms with E-state index in [-0.39, 0.29) is 11.6 Å². The highest BCUT2D eigenvalue weighted by atomic mass is 16.6. The van der Waals surface area contributed by atoms with Crippen molar-refractivity contribution in [3.05, 3.63) is 214 Å². The van der Waals surface area contributed by atoms with E-state index in [1.807, 2.05) is 97.1 Å². The van der Waals surface area contributed by atoms with Crippen LogP contribution in [0.3, 0.4) is 0 Å². The summed E-state index contributed by atoms with van der Waals surface area (Å²) in [5.74, 6) is -0.0267. The Morgan fingerprint density at radius 3 is 1.25 bits per heavy atom. The van der Waals surface area contributed by atoms with E-state index in [1.54, 1.807) is 72.8 Å². The molecule has 2 aliphatic heterocycles. The monoisotopic (exact) mass is 772 g/mol. The molecule has 9 heteroatoms. The largest absolute Gasteiger partial charge is 0.457 e. The van der Waals surface area contributed by atoms with Gasteiger partial charge >= 0.3 is 11.9 Å². The first-order valence-corrected chi connectivity index (χ1v) is 19.0. The maximum absolute atomic E-state index is 13.5. The summed E-state index contributed by atoms with van der Waals surface area (Å²) in [6, 6.07) is 50.6. The van der Waals surface area contributed by atoms with E-state index in [0.29, 0.717) is 77.8 Å². The Balaban J connectivity index is 0.837. The molecule has 9 nitrogen and oxygen atoms in total. The second-order valence-corrected chi connectivity index (χ2v) is 14.3. The second-order valence-electron chi connectivity index (χ2n) is 14.3. The molecule has 2 heterocycles. The van der Waals surface area contributed by atoms with Crippen LogP contribution in [0.15, 0.2) is 170 Å². The Morgan fingerprint density at radius 2 is 0.847 bits per heavy atom. The van der Waals surface area contributed by atoms with Crippen LogP contribution >= 0.6 is 0 Å². The van der Waals surface area contributed by atoms with Gasteiger partial charge in [0.15, 0.2) is 11.6 Å². The molecule has 0 aliphatic carbocycles. The Hall–Kier alpha value is -8.04. The lowest BCUT2D eigenvalue weighted by atomic mass is 9.90. The highest BCUT2D eigenvalue weighted by Gasteiger charge is 2.32. The van der Waals surface area contributed by atoms with Gasteiger partial charge in [-0.15, -0.1) is 0 Å². The quantitative estimate of drug-likeness (QED) is 0.103. The van der Waals surface area contributed by atoms with Gasteiger partial charge in [-0.05, 0) is 83.6 Å². The molecule has 0 fully saturated rings. The molecule has 0 saturated carbocycles. The average molecular weight is 773 g/mol. The molecule has 0 radical (unpaired) electrons. The minimum atomic E-state index is -0.782. The zero-order valence-electron chi connectivity index (χ0n) is 31.2. The van der Waals surface area contributed by atoms with Gasteiger partial charge in [-0.2, -0.15) is 0 Å². The topological polar surface area (TPSA) is 120 Å². The van der Waals surface area contributed by atoms with Gasteiger partial charge in [-0.25, -0.2) is 9.59 Å². The molecule has 59 heavy (non-hydrogen) atoms. The molecule has 0 bridgehead atoms. The molecule has 8 aromatic carbocycles.